The molecule has 9 heteroatoms. The quantitative estimate of drug-likeness (QED) is 0.643. The number of fused-ring (bicyclic) bond motifs is 1. The number of carbonyl (C=O) groups excluding carboxylic acids is 3. The molecule has 1 fully saturated rings. The molecule has 0 atom stereocenters. The predicted octanol–water partition coefficient (Wildman–Crippen LogP) is 4.25. The van der Waals surface area contributed by atoms with Gasteiger partial charge in [0.15, 0.2) is 5.13 Å². The van der Waals surface area contributed by atoms with Gasteiger partial charge in [-0.2, -0.15) is 0 Å². The molecule has 2 aromatic carbocycles. The first kappa shape index (κ1) is 17.4. The average molecular weight is 401 g/mol. The Hall–Kier alpha value is -2.97. The van der Waals surface area contributed by atoms with E-state index in [-0.39, 0.29) is 24.7 Å². The summed E-state index contributed by atoms with van der Waals surface area (Å²) in [5, 5.41) is 6.20. The lowest BCUT2D eigenvalue weighted by Gasteiger charge is -2.08. The summed E-state index contributed by atoms with van der Waals surface area (Å²) in [6, 6.07) is 11.7. The first-order valence-corrected chi connectivity index (χ1v) is 9.29. The summed E-state index contributed by atoms with van der Waals surface area (Å²) in [4.78, 5) is 41.4. The number of hydrogen-bond donors (Lipinski definition) is 2. The minimum Gasteiger partial charge on any atom is -0.308 e. The largest absolute Gasteiger partial charge is 0.323 e. The Morgan fingerprint density at radius 3 is 2.56 bits per heavy atom. The standard InChI is InChI=1S/C18H13ClN4O3S/c19-11-3-1-2-4-12(11)21-17(26)20-10-5-6-13-14(9-10)27-18(22-13)23-15(24)7-8-16(23)25/h1-6,9H,7-8H2,(H2,20,21,26). The van der Waals surface area contributed by atoms with Crippen molar-refractivity contribution in [3.05, 3.63) is 47.5 Å². The van der Waals surface area contributed by atoms with Gasteiger partial charge in [0.25, 0.3) is 0 Å². The van der Waals surface area contributed by atoms with E-state index in [0.717, 1.165) is 9.60 Å². The average Bonchev–Trinajstić information content (AvgIpc) is 3.19. The van der Waals surface area contributed by atoms with Gasteiger partial charge in [0.2, 0.25) is 11.8 Å². The van der Waals surface area contributed by atoms with Crippen molar-refractivity contribution in [2.45, 2.75) is 12.8 Å². The molecule has 1 saturated heterocycles. The Balaban J connectivity index is 1.53. The molecule has 2 N–H and O–H groups in total. The molecule has 4 amide bonds. The van der Waals surface area contributed by atoms with E-state index >= 15 is 0 Å². The number of anilines is 3. The zero-order chi connectivity index (χ0) is 19.0. The number of imide groups is 1. The van der Waals surface area contributed by atoms with Crippen LogP contribution in [0.25, 0.3) is 10.2 Å². The molecule has 27 heavy (non-hydrogen) atoms. The molecule has 1 aliphatic heterocycles. The normalized spacial score (nSPS) is 14.0. The molecule has 0 radical (unpaired) electrons. The number of benzene rings is 2. The molecule has 2 heterocycles. The number of nitrogens with zero attached hydrogens (tertiary/aromatic N) is 2. The van der Waals surface area contributed by atoms with E-state index in [2.05, 4.69) is 15.6 Å². The van der Waals surface area contributed by atoms with Crippen molar-refractivity contribution < 1.29 is 14.4 Å². The van der Waals surface area contributed by atoms with Gasteiger partial charge in [0.05, 0.1) is 20.9 Å². The number of halogens is 1. The fourth-order valence-electron chi connectivity index (χ4n) is 2.72. The maximum atomic E-state index is 12.2. The Morgan fingerprint density at radius 2 is 1.81 bits per heavy atom. The van der Waals surface area contributed by atoms with Gasteiger partial charge >= 0.3 is 6.03 Å². The molecule has 0 unspecified atom stereocenters. The summed E-state index contributed by atoms with van der Waals surface area (Å²) in [5.41, 5.74) is 1.71. The molecule has 1 aromatic heterocycles. The van der Waals surface area contributed by atoms with Crippen molar-refractivity contribution in [2.75, 3.05) is 15.5 Å². The van der Waals surface area contributed by atoms with Gasteiger partial charge in [-0.25, -0.2) is 14.7 Å². The molecule has 0 aliphatic carbocycles. The number of amides is 4. The van der Waals surface area contributed by atoms with E-state index in [1.54, 1.807) is 42.5 Å². The van der Waals surface area contributed by atoms with Crippen LogP contribution in [0, 0.1) is 0 Å². The second kappa shape index (κ2) is 6.98. The Kier molecular flexibility index (Phi) is 4.51. The molecule has 3 aromatic rings. The predicted molar refractivity (Wildman–Crippen MR) is 105 cm³/mol. The molecule has 7 nitrogen and oxygen atoms in total. The highest BCUT2D eigenvalue weighted by Gasteiger charge is 2.32. The second-order valence-electron chi connectivity index (χ2n) is 5.86. The van der Waals surface area contributed by atoms with Gasteiger partial charge in [0.1, 0.15) is 0 Å². The molecule has 136 valence electrons. The number of urea groups is 1. The van der Waals surface area contributed by atoms with E-state index < -0.39 is 6.03 Å². The fraction of sp³-hybridized carbons (Fsp3) is 0.111. The zero-order valence-electron chi connectivity index (χ0n) is 13.9. The first-order valence-electron chi connectivity index (χ1n) is 8.10. The number of hydrogen-bond acceptors (Lipinski definition) is 5. The van der Waals surface area contributed by atoms with E-state index in [0.29, 0.717) is 27.0 Å². The van der Waals surface area contributed by atoms with Crippen molar-refractivity contribution in [3.8, 4) is 0 Å². The van der Waals surface area contributed by atoms with Gasteiger partial charge in [-0.3, -0.25) is 9.59 Å². The Morgan fingerprint density at radius 1 is 1.07 bits per heavy atom. The second-order valence-corrected chi connectivity index (χ2v) is 7.28. The van der Waals surface area contributed by atoms with E-state index in [1.807, 2.05) is 0 Å². The topological polar surface area (TPSA) is 91.4 Å². The highest BCUT2D eigenvalue weighted by Crippen LogP contribution is 2.33. The molecular formula is C18H13ClN4O3S. The highest BCUT2D eigenvalue weighted by atomic mass is 35.5. The maximum absolute atomic E-state index is 12.2. The van der Waals surface area contributed by atoms with Gasteiger partial charge in [0, 0.05) is 18.5 Å². The van der Waals surface area contributed by atoms with Crippen LogP contribution in [0.3, 0.4) is 0 Å². The van der Waals surface area contributed by atoms with Crippen LogP contribution in [-0.2, 0) is 9.59 Å². The van der Waals surface area contributed by atoms with Gasteiger partial charge < -0.3 is 10.6 Å². The summed E-state index contributed by atoms with van der Waals surface area (Å²) >= 11 is 7.26. The number of aromatic nitrogens is 1. The molecule has 0 saturated carbocycles. The molecule has 0 spiro atoms. The van der Waals surface area contributed by atoms with E-state index in [9.17, 15) is 14.4 Å². The number of thiazole rings is 1. The minimum absolute atomic E-state index is 0.212. The molecule has 4 rings (SSSR count). The lowest BCUT2D eigenvalue weighted by atomic mass is 10.3. The van der Waals surface area contributed by atoms with Crippen LogP contribution in [0.4, 0.5) is 21.3 Å². The van der Waals surface area contributed by atoms with Crippen molar-refractivity contribution in [3.63, 3.8) is 0 Å². The van der Waals surface area contributed by atoms with Crippen molar-refractivity contribution in [1.29, 1.82) is 0 Å². The van der Waals surface area contributed by atoms with Gasteiger partial charge in [-0.05, 0) is 30.3 Å². The van der Waals surface area contributed by atoms with Crippen LogP contribution < -0.4 is 15.5 Å². The Labute approximate surface area is 162 Å². The smallest absolute Gasteiger partial charge is 0.308 e. The van der Waals surface area contributed by atoms with Crippen LogP contribution in [0.2, 0.25) is 5.02 Å². The van der Waals surface area contributed by atoms with E-state index in [1.165, 1.54) is 11.3 Å². The van der Waals surface area contributed by atoms with Crippen molar-refractivity contribution >= 4 is 67.5 Å². The molecule has 0 bridgehead atoms. The monoisotopic (exact) mass is 400 g/mol. The fourth-order valence-corrected chi connectivity index (χ4v) is 3.95. The van der Waals surface area contributed by atoms with E-state index in [4.69, 9.17) is 11.6 Å². The highest BCUT2D eigenvalue weighted by molar-refractivity contribution is 7.22. The third kappa shape index (κ3) is 3.49. The summed E-state index contributed by atoms with van der Waals surface area (Å²) in [7, 11) is 0. The van der Waals surface area contributed by atoms with Crippen LogP contribution in [0.1, 0.15) is 12.8 Å². The molecular weight excluding hydrogens is 388 g/mol. The number of nitrogens with one attached hydrogen (secondary N) is 2. The van der Waals surface area contributed by atoms with Crippen LogP contribution in [-0.4, -0.2) is 22.8 Å². The Bertz CT molecular complexity index is 1070. The maximum Gasteiger partial charge on any atom is 0.323 e. The summed E-state index contributed by atoms with van der Waals surface area (Å²) in [6.07, 6.45) is 0.424. The number of rotatable bonds is 3. The summed E-state index contributed by atoms with van der Waals surface area (Å²) in [5.74, 6) is -0.479. The van der Waals surface area contributed by atoms with Crippen molar-refractivity contribution in [2.24, 2.45) is 0 Å². The van der Waals surface area contributed by atoms with Crippen LogP contribution in [0.15, 0.2) is 42.5 Å². The molecule has 1 aliphatic rings. The zero-order valence-corrected chi connectivity index (χ0v) is 15.4. The number of carbonyl (C=O) groups is 3. The van der Waals surface area contributed by atoms with Gasteiger partial charge in [-0.1, -0.05) is 35.1 Å². The van der Waals surface area contributed by atoms with Gasteiger partial charge in [-0.15, -0.1) is 0 Å². The van der Waals surface area contributed by atoms with Crippen LogP contribution >= 0.6 is 22.9 Å². The summed E-state index contributed by atoms with van der Waals surface area (Å²) < 4.78 is 0.757. The van der Waals surface area contributed by atoms with Crippen LogP contribution in [0.5, 0.6) is 0 Å². The lowest BCUT2D eigenvalue weighted by molar-refractivity contribution is -0.121. The van der Waals surface area contributed by atoms with Crippen molar-refractivity contribution in [1.82, 2.24) is 4.98 Å². The first-order chi connectivity index (χ1) is 13.0. The SMILES string of the molecule is O=C(Nc1ccc2nc(N3C(=O)CCC3=O)sc2c1)Nc1ccccc1Cl. The number of para-hydroxylation sites is 1. The third-order valence-corrected chi connectivity index (χ3v) is 5.33. The minimum atomic E-state index is -0.433. The third-order valence-electron chi connectivity index (χ3n) is 4.00. The summed E-state index contributed by atoms with van der Waals surface area (Å²) in [6.45, 7) is 0. The lowest BCUT2D eigenvalue weighted by Crippen LogP contribution is -2.28.